The molecule has 1 aromatic heterocycles. The van der Waals surface area contributed by atoms with Crippen LogP contribution in [0, 0.1) is 0 Å². The Morgan fingerprint density at radius 3 is 2.00 bits per heavy atom. The van der Waals surface area contributed by atoms with Gasteiger partial charge in [0, 0.05) is 10.9 Å². The maximum absolute atomic E-state index is 5.03. The van der Waals surface area contributed by atoms with Gasteiger partial charge in [0.2, 0.25) is 0 Å². The van der Waals surface area contributed by atoms with Gasteiger partial charge in [0.15, 0.2) is 0 Å². The fourth-order valence-corrected chi connectivity index (χ4v) is 7.59. The number of aromatic nitrogens is 1. The summed E-state index contributed by atoms with van der Waals surface area (Å²) in [7, 11) is 0. The van der Waals surface area contributed by atoms with Crippen molar-refractivity contribution in [1.82, 2.24) is 4.98 Å². The van der Waals surface area contributed by atoms with Crippen LogP contribution in [0.15, 0.2) is 127 Å². The second-order valence-corrected chi connectivity index (χ2v) is 11.3. The molecule has 1 aliphatic rings. The van der Waals surface area contributed by atoms with Crippen LogP contribution >= 0.6 is 11.3 Å². The number of hydrogen-bond donors (Lipinski definition) is 0. The first-order valence-electron chi connectivity index (χ1n) is 13.3. The van der Waals surface area contributed by atoms with Gasteiger partial charge in [-0.2, -0.15) is 0 Å². The smallest absolute Gasteiger partial charge is 0.124 e. The van der Waals surface area contributed by atoms with Crippen molar-refractivity contribution >= 4 is 53.9 Å². The predicted octanol–water partition coefficient (Wildman–Crippen LogP) is 10.7. The minimum Gasteiger partial charge on any atom is -0.236 e. The molecule has 180 valence electrons. The SMILES string of the molecule is c1ccc(-c2nc3ccc4ccc5ccc(-c6ccc7c8c(cccc68)-c6ccccc6-7)cc5c4c3s2)cc1. The zero-order valence-corrected chi connectivity index (χ0v) is 21.8. The van der Waals surface area contributed by atoms with E-state index in [1.807, 2.05) is 0 Å². The Bertz CT molecular complexity index is 2240. The standard InChI is InChI=1S/C37H21NS/c1-2-7-24(8-3-1)37-38-33-20-17-23-15-13-22-14-16-25(21-32(22)34(23)36(33)39-37)26-18-19-31-28-10-5-4-9-27(28)30-12-6-11-29(26)35(30)31/h1-21H. The summed E-state index contributed by atoms with van der Waals surface area (Å²) in [5, 5.41) is 8.84. The van der Waals surface area contributed by atoms with Gasteiger partial charge >= 0.3 is 0 Å². The summed E-state index contributed by atoms with van der Waals surface area (Å²) in [6.07, 6.45) is 0. The lowest BCUT2D eigenvalue weighted by molar-refractivity contribution is 1.48. The Hall–Kier alpha value is -4.79. The molecule has 1 aliphatic carbocycles. The average molecular weight is 512 g/mol. The highest BCUT2D eigenvalue weighted by molar-refractivity contribution is 7.22. The number of hydrogen-bond acceptors (Lipinski definition) is 2. The second kappa shape index (κ2) is 7.86. The van der Waals surface area contributed by atoms with Gasteiger partial charge < -0.3 is 0 Å². The number of fused-ring (bicyclic) bond motifs is 8. The highest BCUT2D eigenvalue weighted by Crippen LogP contribution is 2.49. The Labute approximate surface area is 229 Å². The monoisotopic (exact) mass is 511 g/mol. The molecular weight excluding hydrogens is 490 g/mol. The van der Waals surface area contributed by atoms with E-state index in [0.29, 0.717) is 0 Å². The van der Waals surface area contributed by atoms with Crippen LogP contribution in [0.5, 0.6) is 0 Å². The zero-order valence-electron chi connectivity index (χ0n) is 21.0. The maximum atomic E-state index is 5.03. The lowest BCUT2D eigenvalue weighted by Crippen LogP contribution is -1.85. The Morgan fingerprint density at radius 1 is 0.436 bits per heavy atom. The van der Waals surface area contributed by atoms with Crippen molar-refractivity contribution in [2.75, 3.05) is 0 Å². The summed E-state index contributed by atoms with van der Waals surface area (Å²) < 4.78 is 1.25. The lowest BCUT2D eigenvalue weighted by Gasteiger charge is -2.12. The molecule has 0 N–H and O–H groups in total. The van der Waals surface area contributed by atoms with Crippen molar-refractivity contribution in [2.24, 2.45) is 0 Å². The molecule has 1 heterocycles. The molecule has 1 nitrogen and oxygen atoms in total. The van der Waals surface area contributed by atoms with E-state index in [2.05, 4.69) is 127 Å². The first kappa shape index (κ1) is 21.2. The van der Waals surface area contributed by atoms with E-state index < -0.39 is 0 Å². The highest BCUT2D eigenvalue weighted by Gasteiger charge is 2.22. The van der Waals surface area contributed by atoms with Gasteiger partial charge in [0.1, 0.15) is 5.01 Å². The molecule has 0 fully saturated rings. The number of thiazole rings is 1. The van der Waals surface area contributed by atoms with Gasteiger partial charge in [0.05, 0.1) is 10.2 Å². The molecular formula is C37H21NS. The Kier molecular flexibility index (Phi) is 4.27. The number of benzene rings is 7. The zero-order chi connectivity index (χ0) is 25.5. The Morgan fingerprint density at radius 2 is 1.13 bits per heavy atom. The van der Waals surface area contributed by atoms with E-state index in [4.69, 9.17) is 4.98 Å². The van der Waals surface area contributed by atoms with E-state index in [1.54, 1.807) is 11.3 Å². The van der Waals surface area contributed by atoms with E-state index >= 15 is 0 Å². The normalized spacial score (nSPS) is 12.1. The molecule has 0 bridgehead atoms. The Balaban J connectivity index is 1.31. The van der Waals surface area contributed by atoms with E-state index in [9.17, 15) is 0 Å². The van der Waals surface area contributed by atoms with E-state index in [-0.39, 0.29) is 0 Å². The molecule has 0 saturated heterocycles. The third-order valence-electron chi connectivity index (χ3n) is 8.23. The summed E-state index contributed by atoms with van der Waals surface area (Å²) in [6.45, 7) is 0. The van der Waals surface area contributed by atoms with E-state index in [0.717, 1.165) is 10.5 Å². The lowest BCUT2D eigenvalue weighted by atomic mass is 9.92. The van der Waals surface area contributed by atoms with Crippen LogP contribution in [0.2, 0.25) is 0 Å². The molecule has 0 amide bonds. The summed E-state index contributed by atoms with van der Waals surface area (Å²) >= 11 is 1.79. The summed E-state index contributed by atoms with van der Waals surface area (Å²) in [4.78, 5) is 5.03. The molecule has 2 heteroatoms. The van der Waals surface area contributed by atoms with Gasteiger partial charge in [-0.3, -0.25) is 0 Å². The number of rotatable bonds is 2. The minimum atomic E-state index is 1.06. The summed E-state index contributed by atoms with van der Waals surface area (Å²) in [5.41, 5.74) is 10.1. The fraction of sp³-hybridized carbons (Fsp3) is 0. The van der Waals surface area contributed by atoms with Gasteiger partial charge in [-0.05, 0) is 72.4 Å². The van der Waals surface area contributed by atoms with Crippen molar-refractivity contribution < 1.29 is 0 Å². The largest absolute Gasteiger partial charge is 0.236 e. The summed E-state index contributed by atoms with van der Waals surface area (Å²) in [5.74, 6) is 0. The summed E-state index contributed by atoms with van der Waals surface area (Å²) in [6, 6.07) is 46.5. The van der Waals surface area contributed by atoms with Crippen LogP contribution in [-0.2, 0) is 0 Å². The average Bonchev–Trinajstić information content (AvgIpc) is 3.58. The predicted molar refractivity (Wildman–Crippen MR) is 167 cm³/mol. The van der Waals surface area contributed by atoms with Crippen LogP contribution in [0.1, 0.15) is 0 Å². The van der Waals surface area contributed by atoms with Crippen molar-refractivity contribution in [1.29, 1.82) is 0 Å². The molecule has 39 heavy (non-hydrogen) atoms. The van der Waals surface area contributed by atoms with Crippen LogP contribution in [0.4, 0.5) is 0 Å². The topological polar surface area (TPSA) is 12.9 Å². The molecule has 9 rings (SSSR count). The third-order valence-corrected chi connectivity index (χ3v) is 9.37. The van der Waals surface area contributed by atoms with Crippen molar-refractivity contribution in [3.8, 4) is 44.0 Å². The van der Waals surface area contributed by atoms with Crippen molar-refractivity contribution in [2.45, 2.75) is 0 Å². The second-order valence-electron chi connectivity index (χ2n) is 10.3. The molecule has 7 aromatic carbocycles. The fourth-order valence-electron chi connectivity index (χ4n) is 6.45. The maximum Gasteiger partial charge on any atom is 0.124 e. The molecule has 0 saturated carbocycles. The molecule has 0 radical (unpaired) electrons. The molecule has 8 aromatic rings. The van der Waals surface area contributed by atoms with Crippen LogP contribution in [0.25, 0.3) is 86.5 Å². The first-order chi connectivity index (χ1) is 19.3. The van der Waals surface area contributed by atoms with Gasteiger partial charge in [-0.1, -0.05) is 115 Å². The molecule has 0 aliphatic heterocycles. The quantitative estimate of drug-likeness (QED) is 0.210. The van der Waals surface area contributed by atoms with Gasteiger partial charge in [-0.25, -0.2) is 4.98 Å². The molecule has 0 spiro atoms. The van der Waals surface area contributed by atoms with Crippen LogP contribution in [-0.4, -0.2) is 4.98 Å². The highest BCUT2D eigenvalue weighted by atomic mass is 32.1. The molecule has 0 atom stereocenters. The van der Waals surface area contributed by atoms with E-state index in [1.165, 1.54) is 76.0 Å². The van der Waals surface area contributed by atoms with Crippen molar-refractivity contribution in [3.05, 3.63) is 127 Å². The first-order valence-corrected chi connectivity index (χ1v) is 14.1. The minimum absolute atomic E-state index is 1.06. The van der Waals surface area contributed by atoms with Gasteiger partial charge in [-0.15, -0.1) is 11.3 Å². The van der Waals surface area contributed by atoms with Gasteiger partial charge in [0.25, 0.3) is 0 Å². The number of nitrogens with zero attached hydrogens (tertiary/aromatic N) is 1. The van der Waals surface area contributed by atoms with Crippen LogP contribution in [0.3, 0.4) is 0 Å². The van der Waals surface area contributed by atoms with Crippen LogP contribution < -0.4 is 0 Å². The molecule has 0 unspecified atom stereocenters. The third kappa shape index (κ3) is 2.98. The van der Waals surface area contributed by atoms with Crippen molar-refractivity contribution in [3.63, 3.8) is 0 Å².